The van der Waals surface area contributed by atoms with E-state index < -0.39 is 11.6 Å². The van der Waals surface area contributed by atoms with Gasteiger partial charge in [-0.1, -0.05) is 44.7 Å². The summed E-state index contributed by atoms with van der Waals surface area (Å²) in [7, 11) is 0. The van der Waals surface area contributed by atoms with Crippen LogP contribution < -0.4 is 10.5 Å². The lowest BCUT2D eigenvalue weighted by molar-refractivity contribution is 0.106. The molecule has 0 amide bonds. The van der Waals surface area contributed by atoms with Gasteiger partial charge in [0.05, 0.1) is 12.7 Å². The van der Waals surface area contributed by atoms with Crippen LogP contribution in [-0.2, 0) is 6.42 Å². The van der Waals surface area contributed by atoms with Gasteiger partial charge in [-0.15, -0.1) is 0 Å². The van der Waals surface area contributed by atoms with Gasteiger partial charge in [0.2, 0.25) is 0 Å². The number of aliphatic hydroxyl groups excluding tert-OH is 1. The van der Waals surface area contributed by atoms with Crippen molar-refractivity contribution in [2.75, 3.05) is 6.61 Å². The van der Waals surface area contributed by atoms with E-state index in [0.717, 1.165) is 31.6 Å². The maximum absolute atomic E-state index is 9.63. The van der Waals surface area contributed by atoms with E-state index >= 15 is 0 Å². The molecule has 0 saturated heterocycles. The number of nitrogens with two attached hydrogens (primary N) is 1. The number of aryl methyl sites for hydroxylation is 1. The number of aliphatic hydroxyl groups is 1. The number of unbranched alkanes of at least 4 members (excludes halogenated alkanes) is 4. The molecule has 1 aromatic rings. The molecule has 3 heteroatoms. The van der Waals surface area contributed by atoms with Crippen molar-refractivity contribution >= 4 is 0 Å². The Balaban J connectivity index is 2.28. The monoisotopic (exact) mass is 307 g/mol. The SMILES string of the molecule is CCCCCCCOc1ccc(CC[C@@](C)(N)[C@@H](C)O)cc1. The second kappa shape index (κ2) is 9.86. The van der Waals surface area contributed by atoms with Gasteiger partial charge in [0.25, 0.3) is 0 Å². The number of hydrogen-bond donors (Lipinski definition) is 2. The molecular weight excluding hydrogens is 274 g/mol. The molecule has 0 fully saturated rings. The first-order chi connectivity index (χ1) is 10.5. The zero-order chi connectivity index (χ0) is 16.4. The predicted octanol–water partition coefficient (Wildman–Crippen LogP) is 4.07. The molecule has 0 radical (unpaired) electrons. The molecular formula is C19H33NO2. The van der Waals surface area contributed by atoms with Crippen molar-refractivity contribution in [3.05, 3.63) is 29.8 Å². The first-order valence-corrected chi connectivity index (χ1v) is 8.64. The smallest absolute Gasteiger partial charge is 0.119 e. The number of hydrogen-bond acceptors (Lipinski definition) is 3. The van der Waals surface area contributed by atoms with E-state index in [0.29, 0.717) is 0 Å². The largest absolute Gasteiger partial charge is 0.494 e. The molecule has 0 unspecified atom stereocenters. The number of ether oxygens (including phenoxy) is 1. The Hall–Kier alpha value is -1.06. The van der Waals surface area contributed by atoms with Crippen LogP contribution in [0.2, 0.25) is 0 Å². The third-order valence-corrected chi connectivity index (χ3v) is 4.35. The van der Waals surface area contributed by atoms with Gasteiger partial charge >= 0.3 is 0 Å². The molecule has 2 atom stereocenters. The highest BCUT2D eigenvalue weighted by Gasteiger charge is 2.24. The van der Waals surface area contributed by atoms with E-state index in [1.54, 1.807) is 6.92 Å². The van der Waals surface area contributed by atoms with Crippen molar-refractivity contribution < 1.29 is 9.84 Å². The standard InChI is InChI=1S/C19H33NO2/c1-4-5-6-7-8-15-22-18-11-9-17(10-12-18)13-14-19(3,20)16(2)21/h9-12,16,21H,4-8,13-15,20H2,1-3H3/t16-,19-/m1/s1. The van der Waals surface area contributed by atoms with Crippen LogP contribution in [0.1, 0.15) is 64.9 Å². The summed E-state index contributed by atoms with van der Waals surface area (Å²) in [6.07, 6.45) is 7.42. The first-order valence-electron chi connectivity index (χ1n) is 8.64. The van der Waals surface area contributed by atoms with Gasteiger partial charge in [0.15, 0.2) is 0 Å². The lowest BCUT2D eigenvalue weighted by atomic mass is 9.90. The molecule has 0 aliphatic carbocycles. The van der Waals surface area contributed by atoms with E-state index in [2.05, 4.69) is 19.1 Å². The summed E-state index contributed by atoms with van der Waals surface area (Å²) in [5.41, 5.74) is 6.77. The summed E-state index contributed by atoms with van der Waals surface area (Å²) in [5.74, 6) is 0.935. The van der Waals surface area contributed by atoms with E-state index in [1.807, 2.05) is 19.1 Å². The topological polar surface area (TPSA) is 55.5 Å². The average molecular weight is 307 g/mol. The Kier molecular flexibility index (Phi) is 8.51. The van der Waals surface area contributed by atoms with Gasteiger partial charge < -0.3 is 15.6 Å². The maximum Gasteiger partial charge on any atom is 0.119 e. The zero-order valence-electron chi connectivity index (χ0n) is 14.5. The third-order valence-electron chi connectivity index (χ3n) is 4.35. The second-order valence-electron chi connectivity index (χ2n) is 6.59. The Morgan fingerprint density at radius 2 is 1.77 bits per heavy atom. The molecule has 126 valence electrons. The van der Waals surface area contributed by atoms with Crippen LogP contribution in [0.5, 0.6) is 5.75 Å². The molecule has 1 aromatic carbocycles. The lowest BCUT2D eigenvalue weighted by Crippen LogP contribution is -2.46. The van der Waals surface area contributed by atoms with Crippen LogP contribution in [0, 0.1) is 0 Å². The summed E-state index contributed by atoms with van der Waals surface area (Å²) in [6, 6.07) is 8.23. The van der Waals surface area contributed by atoms with Gasteiger partial charge in [-0.2, -0.15) is 0 Å². The number of rotatable bonds is 11. The van der Waals surface area contributed by atoms with Crippen molar-refractivity contribution in [3.63, 3.8) is 0 Å². The van der Waals surface area contributed by atoms with Crippen LogP contribution in [-0.4, -0.2) is 23.4 Å². The predicted molar refractivity (Wildman–Crippen MR) is 93.3 cm³/mol. The molecule has 0 spiro atoms. The van der Waals surface area contributed by atoms with E-state index in [-0.39, 0.29) is 0 Å². The molecule has 0 aliphatic heterocycles. The Labute approximate surface area is 135 Å². The van der Waals surface area contributed by atoms with Crippen LogP contribution in [0.25, 0.3) is 0 Å². The Morgan fingerprint density at radius 3 is 2.36 bits per heavy atom. The zero-order valence-corrected chi connectivity index (χ0v) is 14.5. The molecule has 0 aliphatic rings. The fourth-order valence-electron chi connectivity index (χ4n) is 2.27. The minimum atomic E-state index is -0.534. The second-order valence-corrected chi connectivity index (χ2v) is 6.59. The quantitative estimate of drug-likeness (QED) is 0.606. The maximum atomic E-state index is 9.63. The molecule has 1 rings (SSSR count). The van der Waals surface area contributed by atoms with Crippen LogP contribution in [0.15, 0.2) is 24.3 Å². The van der Waals surface area contributed by atoms with Gasteiger partial charge in [0, 0.05) is 5.54 Å². The van der Waals surface area contributed by atoms with Crippen LogP contribution in [0.4, 0.5) is 0 Å². The minimum absolute atomic E-state index is 0.497. The van der Waals surface area contributed by atoms with Crippen molar-refractivity contribution in [2.24, 2.45) is 5.73 Å². The van der Waals surface area contributed by atoms with E-state index in [1.165, 1.54) is 31.2 Å². The third kappa shape index (κ3) is 7.28. The van der Waals surface area contributed by atoms with Gasteiger partial charge in [-0.3, -0.25) is 0 Å². The fraction of sp³-hybridized carbons (Fsp3) is 0.684. The summed E-state index contributed by atoms with van der Waals surface area (Å²) in [5, 5.41) is 9.63. The molecule has 3 nitrogen and oxygen atoms in total. The van der Waals surface area contributed by atoms with Crippen molar-refractivity contribution in [2.45, 2.75) is 77.4 Å². The highest BCUT2D eigenvalue weighted by atomic mass is 16.5. The number of benzene rings is 1. The highest BCUT2D eigenvalue weighted by molar-refractivity contribution is 5.27. The summed E-state index contributed by atoms with van der Waals surface area (Å²) in [4.78, 5) is 0. The lowest BCUT2D eigenvalue weighted by Gasteiger charge is -2.27. The van der Waals surface area contributed by atoms with E-state index in [4.69, 9.17) is 10.5 Å². The molecule has 3 N–H and O–H groups in total. The molecule has 0 saturated carbocycles. The van der Waals surface area contributed by atoms with Gasteiger partial charge in [-0.25, -0.2) is 0 Å². The van der Waals surface area contributed by atoms with Gasteiger partial charge in [0.1, 0.15) is 5.75 Å². The van der Waals surface area contributed by atoms with Crippen LogP contribution >= 0.6 is 0 Å². The highest BCUT2D eigenvalue weighted by Crippen LogP contribution is 2.18. The first kappa shape index (κ1) is 19.0. The summed E-state index contributed by atoms with van der Waals surface area (Å²) in [6.45, 7) is 6.67. The normalized spacial score (nSPS) is 15.3. The van der Waals surface area contributed by atoms with Crippen molar-refractivity contribution in [1.82, 2.24) is 0 Å². The molecule has 0 aromatic heterocycles. The minimum Gasteiger partial charge on any atom is -0.494 e. The average Bonchev–Trinajstić information content (AvgIpc) is 2.50. The van der Waals surface area contributed by atoms with E-state index in [9.17, 15) is 5.11 Å². The van der Waals surface area contributed by atoms with Gasteiger partial charge in [-0.05, 0) is 50.8 Å². The Bertz CT molecular complexity index is 398. The van der Waals surface area contributed by atoms with Crippen molar-refractivity contribution in [3.8, 4) is 5.75 Å². The van der Waals surface area contributed by atoms with Crippen molar-refractivity contribution in [1.29, 1.82) is 0 Å². The summed E-state index contributed by atoms with van der Waals surface area (Å²) < 4.78 is 5.76. The molecule has 22 heavy (non-hydrogen) atoms. The summed E-state index contributed by atoms with van der Waals surface area (Å²) >= 11 is 0. The van der Waals surface area contributed by atoms with Crippen LogP contribution in [0.3, 0.4) is 0 Å². The fourth-order valence-corrected chi connectivity index (χ4v) is 2.27. The molecule has 0 heterocycles. The Morgan fingerprint density at radius 1 is 1.14 bits per heavy atom. The molecule has 0 bridgehead atoms.